The van der Waals surface area contributed by atoms with Crippen molar-refractivity contribution in [2.45, 2.75) is 72.0 Å². The van der Waals surface area contributed by atoms with Gasteiger partial charge in [-0.05, 0) is 37.0 Å². The predicted octanol–water partition coefficient (Wildman–Crippen LogP) is 2.76. The number of carbonyl (C=O) groups excluding carboxylic acids is 1. The summed E-state index contributed by atoms with van der Waals surface area (Å²) < 4.78 is 0. The molecule has 104 valence electrons. The summed E-state index contributed by atoms with van der Waals surface area (Å²) in [6.07, 6.45) is 6.02. The van der Waals surface area contributed by atoms with E-state index in [4.69, 9.17) is 0 Å². The van der Waals surface area contributed by atoms with Gasteiger partial charge in [0, 0.05) is 6.54 Å². The van der Waals surface area contributed by atoms with Crippen molar-refractivity contribution in [1.29, 1.82) is 0 Å². The average Bonchev–Trinajstić information content (AvgIpc) is 2.95. The average molecular weight is 252 g/mol. The summed E-state index contributed by atoms with van der Waals surface area (Å²) in [4.78, 5) is 14.6. The quantitative estimate of drug-likeness (QED) is 0.788. The van der Waals surface area contributed by atoms with Gasteiger partial charge in [0.2, 0.25) is 5.91 Å². The van der Waals surface area contributed by atoms with E-state index in [1.165, 1.54) is 12.8 Å². The van der Waals surface area contributed by atoms with E-state index in [9.17, 15) is 4.79 Å². The molecule has 1 N–H and O–H groups in total. The van der Waals surface area contributed by atoms with Crippen LogP contribution in [0, 0.1) is 11.3 Å². The summed E-state index contributed by atoms with van der Waals surface area (Å²) in [6, 6.07) is 0.0592. The summed E-state index contributed by atoms with van der Waals surface area (Å²) >= 11 is 0. The Hall–Kier alpha value is -0.570. The zero-order valence-corrected chi connectivity index (χ0v) is 12.3. The van der Waals surface area contributed by atoms with Gasteiger partial charge in [-0.1, -0.05) is 34.1 Å². The molecule has 0 aromatic carbocycles. The Morgan fingerprint density at radius 3 is 2.61 bits per heavy atom. The van der Waals surface area contributed by atoms with Crippen LogP contribution in [0.15, 0.2) is 0 Å². The zero-order chi connectivity index (χ0) is 13.3. The molecule has 3 heteroatoms. The minimum Gasteiger partial charge on any atom is -0.325 e. The first kappa shape index (κ1) is 13.9. The minimum atomic E-state index is 0.0592. The lowest BCUT2D eigenvalue weighted by Crippen LogP contribution is -2.40. The lowest BCUT2D eigenvalue weighted by Gasteiger charge is -2.26. The van der Waals surface area contributed by atoms with E-state index in [0.717, 1.165) is 25.8 Å². The van der Waals surface area contributed by atoms with Crippen molar-refractivity contribution < 1.29 is 4.79 Å². The van der Waals surface area contributed by atoms with Gasteiger partial charge in [0.15, 0.2) is 0 Å². The van der Waals surface area contributed by atoms with Gasteiger partial charge in [-0.15, -0.1) is 0 Å². The van der Waals surface area contributed by atoms with Crippen molar-refractivity contribution in [3.05, 3.63) is 0 Å². The molecule has 1 aliphatic carbocycles. The van der Waals surface area contributed by atoms with Crippen LogP contribution in [0.25, 0.3) is 0 Å². The summed E-state index contributed by atoms with van der Waals surface area (Å²) in [7, 11) is 0. The van der Waals surface area contributed by atoms with Crippen LogP contribution in [-0.2, 0) is 4.79 Å². The molecule has 0 spiro atoms. The molecule has 0 bridgehead atoms. The highest BCUT2D eigenvalue weighted by Gasteiger charge is 2.45. The summed E-state index contributed by atoms with van der Waals surface area (Å²) in [6.45, 7) is 9.83. The standard InChI is InChI=1S/C15H28N2O/c1-5-6-13-16-12(9-11(2)3)14(18)17(13)10-15(4)7-8-15/h11-13,16H,5-10H2,1-4H3. The highest BCUT2D eigenvalue weighted by atomic mass is 16.2. The molecule has 0 radical (unpaired) electrons. The Labute approximate surface area is 111 Å². The second-order valence-electron chi connectivity index (χ2n) is 6.93. The summed E-state index contributed by atoms with van der Waals surface area (Å²) in [5.74, 6) is 0.917. The van der Waals surface area contributed by atoms with Crippen LogP contribution in [0.2, 0.25) is 0 Å². The molecule has 2 aliphatic rings. The number of rotatable bonds is 6. The molecular weight excluding hydrogens is 224 g/mol. The molecule has 2 fully saturated rings. The van der Waals surface area contributed by atoms with Crippen molar-refractivity contribution in [2.75, 3.05) is 6.54 Å². The van der Waals surface area contributed by atoms with Crippen molar-refractivity contribution in [3.63, 3.8) is 0 Å². The first-order chi connectivity index (χ1) is 8.45. The van der Waals surface area contributed by atoms with Gasteiger partial charge in [-0.25, -0.2) is 0 Å². The van der Waals surface area contributed by atoms with Crippen LogP contribution >= 0.6 is 0 Å². The number of nitrogens with zero attached hydrogens (tertiary/aromatic N) is 1. The summed E-state index contributed by atoms with van der Waals surface area (Å²) in [5, 5.41) is 3.55. The van der Waals surface area contributed by atoms with Gasteiger partial charge in [0.25, 0.3) is 0 Å². The lowest BCUT2D eigenvalue weighted by atomic mass is 10.0. The van der Waals surface area contributed by atoms with Crippen molar-refractivity contribution in [2.24, 2.45) is 11.3 Å². The fourth-order valence-electron chi connectivity index (χ4n) is 2.87. The second-order valence-corrected chi connectivity index (χ2v) is 6.93. The molecule has 1 heterocycles. The van der Waals surface area contributed by atoms with E-state index < -0.39 is 0 Å². The molecular formula is C15H28N2O. The maximum absolute atomic E-state index is 12.5. The van der Waals surface area contributed by atoms with Gasteiger partial charge < -0.3 is 4.90 Å². The van der Waals surface area contributed by atoms with E-state index in [2.05, 4.69) is 37.9 Å². The third-order valence-electron chi connectivity index (χ3n) is 4.28. The third kappa shape index (κ3) is 3.05. The summed E-state index contributed by atoms with van der Waals surface area (Å²) in [5.41, 5.74) is 0.413. The monoisotopic (exact) mass is 252 g/mol. The molecule has 0 aromatic rings. The van der Waals surface area contributed by atoms with Crippen molar-refractivity contribution in [3.8, 4) is 0 Å². The lowest BCUT2D eigenvalue weighted by molar-refractivity contribution is -0.131. The number of hydrogen-bond donors (Lipinski definition) is 1. The minimum absolute atomic E-state index is 0.0592. The normalized spacial score (nSPS) is 30.3. The molecule has 2 unspecified atom stereocenters. The molecule has 1 aliphatic heterocycles. The molecule has 0 aromatic heterocycles. The van der Waals surface area contributed by atoms with Gasteiger partial charge in [0.05, 0.1) is 12.2 Å². The molecule has 1 amide bonds. The first-order valence-corrected chi connectivity index (χ1v) is 7.52. The third-order valence-corrected chi connectivity index (χ3v) is 4.28. The Morgan fingerprint density at radius 1 is 1.44 bits per heavy atom. The second kappa shape index (κ2) is 5.20. The molecule has 3 nitrogen and oxygen atoms in total. The van der Waals surface area contributed by atoms with Crippen molar-refractivity contribution in [1.82, 2.24) is 10.2 Å². The zero-order valence-electron chi connectivity index (χ0n) is 12.3. The highest BCUT2D eigenvalue weighted by molar-refractivity contribution is 5.84. The van der Waals surface area contributed by atoms with E-state index in [0.29, 0.717) is 17.2 Å². The SMILES string of the molecule is CCCC1NC(CC(C)C)C(=O)N1CC1(C)CC1. The van der Waals surface area contributed by atoms with Crippen LogP contribution in [0.3, 0.4) is 0 Å². The molecule has 18 heavy (non-hydrogen) atoms. The molecule has 2 rings (SSSR count). The van der Waals surface area contributed by atoms with Crippen LogP contribution in [0.5, 0.6) is 0 Å². The molecule has 1 saturated heterocycles. The van der Waals surface area contributed by atoms with Gasteiger partial charge in [-0.2, -0.15) is 0 Å². The first-order valence-electron chi connectivity index (χ1n) is 7.52. The Morgan fingerprint density at radius 2 is 2.11 bits per heavy atom. The van der Waals surface area contributed by atoms with E-state index in [-0.39, 0.29) is 12.2 Å². The van der Waals surface area contributed by atoms with Crippen LogP contribution in [-0.4, -0.2) is 29.6 Å². The molecule has 1 saturated carbocycles. The number of hydrogen-bond acceptors (Lipinski definition) is 2. The Kier molecular flexibility index (Phi) is 4.00. The smallest absolute Gasteiger partial charge is 0.241 e. The maximum atomic E-state index is 12.5. The van der Waals surface area contributed by atoms with Gasteiger partial charge in [-0.3, -0.25) is 10.1 Å². The van der Waals surface area contributed by atoms with Gasteiger partial charge in [0.1, 0.15) is 0 Å². The largest absolute Gasteiger partial charge is 0.325 e. The van der Waals surface area contributed by atoms with E-state index in [1.807, 2.05) is 0 Å². The number of nitrogens with one attached hydrogen (secondary N) is 1. The Bertz CT molecular complexity index is 310. The van der Waals surface area contributed by atoms with Crippen molar-refractivity contribution >= 4 is 5.91 Å². The van der Waals surface area contributed by atoms with E-state index in [1.54, 1.807) is 0 Å². The van der Waals surface area contributed by atoms with E-state index >= 15 is 0 Å². The molecule has 2 atom stereocenters. The number of amides is 1. The van der Waals surface area contributed by atoms with Crippen LogP contribution in [0.4, 0.5) is 0 Å². The highest BCUT2D eigenvalue weighted by Crippen LogP contribution is 2.46. The fourth-order valence-corrected chi connectivity index (χ4v) is 2.87. The van der Waals surface area contributed by atoms with Gasteiger partial charge >= 0.3 is 0 Å². The Balaban J connectivity index is 2.01. The topological polar surface area (TPSA) is 32.3 Å². The fraction of sp³-hybridized carbons (Fsp3) is 0.933. The predicted molar refractivity (Wildman–Crippen MR) is 74.1 cm³/mol. The maximum Gasteiger partial charge on any atom is 0.241 e. The number of carbonyl (C=O) groups is 1. The van der Waals surface area contributed by atoms with Crippen LogP contribution < -0.4 is 5.32 Å². The van der Waals surface area contributed by atoms with Crippen LogP contribution in [0.1, 0.15) is 59.8 Å².